The number of rotatable bonds is 5. The topological polar surface area (TPSA) is 73.9 Å². The first kappa shape index (κ1) is 19.1. The van der Waals surface area contributed by atoms with Gasteiger partial charge in [-0.1, -0.05) is 12.1 Å². The molecule has 0 spiro atoms. The number of hydrogen-bond acceptors (Lipinski definition) is 4. The molecule has 138 valence electrons. The highest BCUT2D eigenvalue weighted by Gasteiger charge is 2.27. The number of nitrogens with one attached hydrogen (secondary N) is 2. The smallest absolute Gasteiger partial charge is 0.317 e. The van der Waals surface area contributed by atoms with Gasteiger partial charge in [0.25, 0.3) is 0 Å². The van der Waals surface area contributed by atoms with Crippen LogP contribution in [0.4, 0.5) is 10.5 Å². The van der Waals surface area contributed by atoms with Crippen LogP contribution in [-0.4, -0.2) is 67.1 Å². The van der Waals surface area contributed by atoms with Crippen LogP contribution in [0.3, 0.4) is 0 Å². The van der Waals surface area contributed by atoms with Gasteiger partial charge in [0.2, 0.25) is 5.91 Å². The van der Waals surface area contributed by atoms with Crippen molar-refractivity contribution in [3.8, 4) is 5.75 Å². The third-order valence-electron chi connectivity index (χ3n) is 4.31. The summed E-state index contributed by atoms with van der Waals surface area (Å²) < 4.78 is 5.26. The van der Waals surface area contributed by atoms with E-state index >= 15 is 0 Å². The minimum Gasteiger partial charge on any atom is -0.495 e. The van der Waals surface area contributed by atoms with Crippen LogP contribution in [0.1, 0.15) is 20.8 Å². The van der Waals surface area contributed by atoms with Crippen molar-refractivity contribution in [2.45, 2.75) is 32.9 Å². The molecular formula is C18H28N4O3. The zero-order valence-corrected chi connectivity index (χ0v) is 15.4. The highest BCUT2D eigenvalue weighted by atomic mass is 16.5. The Hall–Kier alpha value is -2.28. The monoisotopic (exact) mass is 348 g/mol. The van der Waals surface area contributed by atoms with Crippen LogP contribution >= 0.6 is 0 Å². The molecule has 2 N–H and O–H groups in total. The lowest BCUT2D eigenvalue weighted by Crippen LogP contribution is -2.56. The average molecular weight is 348 g/mol. The van der Waals surface area contributed by atoms with Gasteiger partial charge in [-0.3, -0.25) is 9.69 Å². The number of nitrogens with zero attached hydrogens (tertiary/aromatic N) is 2. The summed E-state index contributed by atoms with van der Waals surface area (Å²) >= 11 is 0. The first-order chi connectivity index (χ1) is 11.9. The number of urea groups is 1. The third kappa shape index (κ3) is 5.09. The van der Waals surface area contributed by atoms with Gasteiger partial charge in [0.15, 0.2) is 0 Å². The number of hydrogen-bond donors (Lipinski definition) is 2. The van der Waals surface area contributed by atoms with Crippen molar-refractivity contribution < 1.29 is 14.3 Å². The predicted octanol–water partition coefficient (Wildman–Crippen LogP) is 1.76. The number of piperazine rings is 1. The van der Waals surface area contributed by atoms with Crippen LogP contribution in [0.5, 0.6) is 5.75 Å². The Labute approximate surface area is 149 Å². The zero-order valence-electron chi connectivity index (χ0n) is 15.4. The van der Waals surface area contributed by atoms with Gasteiger partial charge in [0.1, 0.15) is 5.75 Å². The van der Waals surface area contributed by atoms with E-state index in [0.717, 1.165) is 0 Å². The molecule has 0 aromatic heterocycles. The van der Waals surface area contributed by atoms with Crippen molar-refractivity contribution in [1.82, 2.24) is 15.1 Å². The van der Waals surface area contributed by atoms with E-state index in [1.54, 1.807) is 12.0 Å². The summed E-state index contributed by atoms with van der Waals surface area (Å²) in [6, 6.07) is 7.15. The van der Waals surface area contributed by atoms with Crippen LogP contribution in [0.15, 0.2) is 24.3 Å². The van der Waals surface area contributed by atoms with Crippen molar-refractivity contribution in [1.29, 1.82) is 0 Å². The minimum atomic E-state index is -0.278. The lowest BCUT2D eigenvalue weighted by atomic mass is 10.2. The second-order valence-corrected chi connectivity index (χ2v) is 6.49. The maximum atomic E-state index is 12.5. The molecule has 1 aromatic rings. The molecule has 1 atom stereocenters. The number of anilines is 1. The quantitative estimate of drug-likeness (QED) is 0.850. The zero-order chi connectivity index (χ0) is 18.4. The van der Waals surface area contributed by atoms with Gasteiger partial charge in [-0.05, 0) is 32.9 Å². The predicted molar refractivity (Wildman–Crippen MR) is 97.9 cm³/mol. The van der Waals surface area contributed by atoms with Crippen molar-refractivity contribution in [2.75, 3.05) is 38.6 Å². The second kappa shape index (κ2) is 8.71. The fraction of sp³-hybridized carbons (Fsp3) is 0.556. The number of amides is 3. The van der Waals surface area contributed by atoms with Gasteiger partial charge in [-0.15, -0.1) is 0 Å². The normalized spacial score (nSPS) is 16.4. The number of carbonyl (C=O) groups is 2. The summed E-state index contributed by atoms with van der Waals surface area (Å²) in [5.74, 6) is 0.558. The Morgan fingerprint density at radius 3 is 2.32 bits per heavy atom. The fourth-order valence-corrected chi connectivity index (χ4v) is 2.80. The summed E-state index contributed by atoms with van der Waals surface area (Å²) in [5, 5.41) is 5.82. The molecule has 0 saturated carbocycles. The molecule has 1 aliphatic heterocycles. The minimum absolute atomic E-state index is 0.0409. The van der Waals surface area contributed by atoms with E-state index in [4.69, 9.17) is 4.74 Å². The SMILES string of the molecule is COc1ccccc1NC(=O)[C@H](C)N1CCN(C(=O)NC(C)C)CC1. The van der Waals surface area contributed by atoms with E-state index in [1.165, 1.54) is 0 Å². The average Bonchev–Trinajstić information content (AvgIpc) is 2.61. The summed E-state index contributed by atoms with van der Waals surface area (Å²) in [6.45, 7) is 8.35. The maximum absolute atomic E-state index is 12.5. The Bertz CT molecular complexity index is 598. The van der Waals surface area contributed by atoms with E-state index in [0.29, 0.717) is 37.6 Å². The summed E-state index contributed by atoms with van der Waals surface area (Å²) in [6.07, 6.45) is 0. The number of carbonyl (C=O) groups excluding carboxylic acids is 2. The van der Waals surface area contributed by atoms with Crippen LogP contribution in [0.25, 0.3) is 0 Å². The molecule has 25 heavy (non-hydrogen) atoms. The lowest BCUT2D eigenvalue weighted by Gasteiger charge is -2.37. The summed E-state index contributed by atoms with van der Waals surface area (Å²) in [7, 11) is 1.58. The molecule has 1 fully saturated rings. The largest absolute Gasteiger partial charge is 0.495 e. The molecule has 1 saturated heterocycles. The molecule has 1 aromatic carbocycles. The first-order valence-corrected chi connectivity index (χ1v) is 8.65. The van der Waals surface area contributed by atoms with Crippen molar-refractivity contribution in [2.24, 2.45) is 0 Å². The Kier molecular flexibility index (Phi) is 6.64. The highest BCUT2D eigenvalue weighted by molar-refractivity contribution is 5.95. The van der Waals surface area contributed by atoms with E-state index in [2.05, 4.69) is 15.5 Å². The first-order valence-electron chi connectivity index (χ1n) is 8.65. The Morgan fingerprint density at radius 2 is 1.72 bits per heavy atom. The molecular weight excluding hydrogens is 320 g/mol. The summed E-state index contributed by atoms with van der Waals surface area (Å²) in [4.78, 5) is 28.5. The Morgan fingerprint density at radius 1 is 1.08 bits per heavy atom. The molecule has 3 amide bonds. The molecule has 1 heterocycles. The van der Waals surface area contributed by atoms with Gasteiger partial charge >= 0.3 is 6.03 Å². The van der Waals surface area contributed by atoms with Gasteiger partial charge in [-0.25, -0.2) is 4.79 Å². The van der Waals surface area contributed by atoms with E-state index in [-0.39, 0.29) is 24.0 Å². The second-order valence-electron chi connectivity index (χ2n) is 6.49. The van der Waals surface area contributed by atoms with Gasteiger partial charge < -0.3 is 20.3 Å². The standard InChI is InChI=1S/C18H28N4O3/c1-13(2)19-18(24)22-11-9-21(10-12-22)14(3)17(23)20-15-7-5-6-8-16(15)25-4/h5-8,13-14H,9-12H2,1-4H3,(H,19,24)(H,20,23)/t14-/m0/s1. The van der Waals surface area contributed by atoms with E-state index in [1.807, 2.05) is 45.0 Å². The molecule has 0 unspecified atom stereocenters. The highest BCUT2D eigenvalue weighted by Crippen LogP contribution is 2.23. The van der Waals surface area contributed by atoms with Crippen molar-refractivity contribution in [3.63, 3.8) is 0 Å². The van der Waals surface area contributed by atoms with Crippen LogP contribution in [-0.2, 0) is 4.79 Å². The van der Waals surface area contributed by atoms with Crippen LogP contribution in [0, 0.1) is 0 Å². The lowest BCUT2D eigenvalue weighted by molar-refractivity contribution is -0.121. The number of ether oxygens (including phenoxy) is 1. The molecule has 7 nitrogen and oxygen atoms in total. The van der Waals surface area contributed by atoms with Crippen molar-refractivity contribution >= 4 is 17.6 Å². The molecule has 2 rings (SSSR count). The molecule has 0 bridgehead atoms. The van der Waals surface area contributed by atoms with Gasteiger partial charge in [-0.2, -0.15) is 0 Å². The van der Waals surface area contributed by atoms with E-state index in [9.17, 15) is 9.59 Å². The van der Waals surface area contributed by atoms with Crippen LogP contribution < -0.4 is 15.4 Å². The number of para-hydroxylation sites is 2. The van der Waals surface area contributed by atoms with Crippen molar-refractivity contribution in [3.05, 3.63) is 24.3 Å². The van der Waals surface area contributed by atoms with Gasteiger partial charge in [0.05, 0.1) is 18.8 Å². The van der Waals surface area contributed by atoms with Gasteiger partial charge in [0, 0.05) is 32.2 Å². The molecule has 7 heteroatoms. The molecule has 1 aliphatic rings. The Balaban J connectivity index is 1.88. The maximum Gasteiger partial charge on any atom is 0.317 e. The van der Waals surface area contributed by atoms with Crippen LogP contribution in [0.2, 0.25) is 0 Å². The molecule has 0 radical (unpaired) electrons. The van der Waals surface area contributed by atoms with E-state index < -0.39 is 0 Å². The third-order valence-corrected chi connectivity index (χ3v) is 4.31. The summed E-state index contributed by atoms with van der Waals surface area (Å²) in [5.41, 5.74) is 0.664. The molecule has 0 aliphatic carbocycles. The number of methoxy groups -OCH3 is 1. The number of benzene rings is 1. The fourth-order valence-electron chi connectivity index (χ4n) is 2.80.